The summed E-state index contributed by atoms with van der Waals surface area (Å²) in [4.78, 5) is 32.4. The number of carbonyl (C=O) groups excluding carboxylic acids is 2. The normalized spacial score (nSPS) is 17.3. The van der Waals surface area contributed by atoms with Crippen LogP contribution in [0.25, 0.3) is 0 Å². The van der Waals surface area contributed by atoms with Crippen molar-refractivity contribution in [3.8, 4) is 11.9 Å². The number of carbonyl (C=O) groups is 2. The van der Waals surface area contributed by atoms with Crippen LogP contribution >= 0.6 is 0 Å². The largest absolute Gasteiger partial charge is 0.662 e. The minimum absolute atomic E-state index is 0.275. The van der Waals surface area contributed by atoms with Gasteiger partial charge in [0.2, 0.25) is 0 Å². The lowest BCUT2D eigenvalue weighted by Crippen LogP contribution is -2.49. The van der Waals surface area contributed by atoms with Crippen molar-refractivity contribution in [1.82, 2.24) is 19.6 Å². The van der Waals surface area contributed by atoms with Gasteiger partial charge in [0, 0.05) is 64.5 Å². The molecule has 4 heterocycles. The molecule has 0 aliphatic carbocycles. The molecule has 0 unspecified atom stereocenters. The Morgan fingerprint density at radius 2 is 1.02 bits per heavy atom. The van der Waals surface area contributed by atoms with Crippen molar-refractivity contribution in [3.05, 3.63) is 35.8 Å². The van der Waals surface area contributed by atoms with E-state index >= 15 is 0 Å². The van der Waals surface area contributed by atoms with E-state index in [1.807, 2.05) is 53.7 Å². The summed E-state index contributed by atoms with van der Waals surface area (Å²) in [6, 6.07) is 7.18. The van der Waals surface area contributed by atoms with Crippen molar-refractivity contribution in [2.75, 3.05) is 52.4 Å². The summed E-state index contributed by atoms with van der Waals surface area (Å²) in [5.41, 5.74) is -0.999. The summed E-state index contributed by atoms with van der Waals surface area (Å²) in [6.07, 6.45) is -0.550. The van der Waals surface area contributed by atoms with Crippen LogP contribution in [0.3, 0.4) is 0 Å². The zero-order chi connectivity index (χ0) is 29.6. The molecule has 0 bridgehead atoms. The molecule has 0 N–H and O–H groups in total. The van der Waals surface area contributed by atoms with E-state index in [9.17, 15) is 9.59 Å². The van der Waals surface area contributed by atoms with E-state index in [1.165, 1.54) is 7.69 Å². The molecule has 13 heteroatoms. The summed E-state index contributed by atoms with van der Waals surface area (Å²) in [5, 5.41) is 0. The molecule has 225 valence electrons. The number of hydrogen-bond donors (Lipinski definition) is 0. The molecule has 41 heavy (non-hydrogen) atoms. The summed E-state index contributed by atoms with van der Waals surface area (Å²) < 4.78 is 33.4. The van der Waals surface area contributed by atoms with E-state index in [-0.39, 0.29) is 12.2 Å². The second-order valence-corrected chi connectivity index (χ2v) is 12.3. The van der Waals surface area contributed by atoms with E-state index in [4.69, 9.17) is 27.6 Å². The molecule has 2 aromatic rings. The Morgan fingerprint density at radius 1 is 0.659 bits per heavy atom. The molecule has 1 radical (unpaired) electrons. The Hall–Kier alpha value is -3.32. The quantitative estimate of drug-likeness (QED) is 0.431. The third-order valence-corrected chi connectivity index (χ3v) is 6.41. The SMILES string of the molecule is CC(C)(C)OC(=O)N1CCN(Cc2ccc(O[B]Oc3ccc(CN4CCN(C(=O)OC(C)(C)C)CC4)o3)o2)CC1. The third kappa shape index (κ3) is 9.92. The smallest absolute Gasteiger partial charge is 0.499 e. The van der Waals surface area contributed by atoms with Gasteiger partial charge in [0.15, 0.2) is 0 Å². The molecule has 0 spiro atoms. The molecule has 2 amide bonds. The van der Waals surface area contributed by atoms with Crippen LogP contribution < -0.4 is 9.31 Å². The Kier molecular flexibility index (Phi) is 9.80. The second-order valence-electron chi connectivity index (χ2n) is 12.3. The lowest BCUT2D eigenvalue weighted by atomic mass is 10.2. The Balaban J connectivity index is 1.12. The number of furan rings is 2. The summed E-state index contributed by atoms with van der Waals surface area (Å²) in [7, 11) is 1.17. The molecule has 12 nitrogen and oxygen atoms in total. The highest BCUT2D eigenvalue weighted by molar-refractivity contribution is 6.20. The van der Waals surface area contributed by atoms with E-state index in [0.717, 1.165) is 37.7 Å². The maximum Gasteiger partial charge on any atom is 0.662 e. The number of hydrogen-bond acceptors (Lipinski definition) is 10. The van der Waals surface area contributed by atoms with E-state index in [1.54, 1.807) is 21.9 Å². The standard InChI is InChI=1S/C28H42BN4O8/c1-27(2,3)38-25(34)32-15-11-30(12-16-32)19-21-7-9-23(36-21)40-29-41-24-10-8-22(37-24)20-31-13-17-33(18-14-31)26(35)39-28(4,5)6/h7-10H,11-20H2,1-6H3. The van der Waals surface area contributed by atoms with Gasteiger partial charge < -0.3 is 37.4 Å². The van der Waals surface area contributed by atoms with Gasteiger partial charge in [-0.3, -0.25) is 9.80 Å². The number of rotatable bonds is 8. The van der Waals surface area contributed by atoms with Crippen molar-refractivity contribution in [2.24, 2.45) is 0 Å². The summed E-state index contributed by atoms with van der Waals surface area (Å²) in [6.45, 7) is 17.8. The number of piperazine rings is 2. The van der Waals surface area contributed by atoms with Crippen molar-refractivity contribution in [1.29, 1.82) is 0 Å². The highest BCUT2D eigenvalue weighted by Crippen LogP contribution is 2.21. The maximum atomic E-state index is 12.3. The van der Waals surface area contributed by atoms with Crippen LogP contribution in [0.5, 0.6) is 11.9 Å². The maximum absolute atomic E-state index is 12.3. The van der Waals surface area contributed by atoms with Gasteiger partial charge in [0.05, 0.1) is 13.1 Å². The Labute approximate surface area is 242 Å². The number of ether oxygens (including phenoxy) is 2. The van der Waals surface area contributed by atoms with Crippen LogP contribution in [0.4, 0.5) is 9.59 Å². The van der Waals surface area contributed by atoms with Crippen LogP contribution in [0.2, 0.25) is 0 Å². The van der Waals surface area contributed by atoms with Crippen molar-refractivity contribution >= 4 is 19.9 Å². The number of amides is 2. The molecule has 2 saturated heterocycles. The van der Waals surface area contributed by atoms with Crippen molar-refractivity contribution in [2.45, 2.75) is 65.8 Å². The fourth-order valence-corrected chi connectivity index (χ4v) is 4.40. The average molecular weight is 573 g/mol. The predicted octanol–water partition coefficient (Wildman–Crippen LogP) is 3.97. The second kappa shape index (κ2) is 13.1. The monoisotopic (exact) mass is 573 g/mol. The van der Waals surface area contributed by atoms with Crippen LogP contribution in [-0.4, -0.2) is 103 Å². The molecule has 2 aromatic heterocycles. The first kappa shape index (κ1) is 30.6. The lowest BCUT2D eigenvalue weighted by molar-refractivity contribution is 0.0124. The Bertz CT molecular complexity index is 1050. The lowest BCUT2D eigenvalue weighted by Gasteiger charge is -2.35. The first-order chi connectivity index (χ1) is 19.3. The zero-order valence-corrected chi connectivity index (χ0v) is 25.0. The number of nitrogens with zero attached hydrogens (tertiary/aromatic N) is 4. The average Bonchev–Trinajstić information content (AvgIpc) is 3.52. The molecule has 2 aliphatic heterocycles. The highest BCUT2D eigenvalue weighted by Gasteiger charge is 2.27. The molecule has 2 aliphatic rings. The topological polar surface area (TPSA) is 110 Å². The molecule has 4 rings (SSSR count). The summed E-state index contributed by atoms with van der Waals surface area (Å²) >= 11 is 0. The van der Waals surface area contributed by atoms with Gasteiger partial charge in [-0.2, -0.15) is 0 Å². The van der Waals surface area contributed by atoms with Crippen LogP contribution in [0, 0.1) is 0 Å². The fraction of sp³-hybridized carbons (Fsp3) is 0.643. The van der Waals surface area contributed by atoms with Gasteiger partial charge in [-0.05, 0) is 53.7 Å². The fourth-order valence-electron chi connectivity index (χ4n) is 4.40. The minimum Gasteiger partial charge on any atom is -0.499 e. The van der Waals surface area contributed by atoms with Crippen LogP contribution in [0.15, 0.2) is 33.1 Å². The predicted molar refractivity (Wildman–Crippen MR) is 151 cm³/mol. The Morgan fingerprint density at radius 3 is 1.37 bits per heavy atom. The van der Waals surface area contributed by atoms with Gasteiger partial charge >= 0.3 is 19.9 Å². The van der Waals surface area contributed by atoms with Gasteiger partial charge in [-0.1, -0.05) is 0 Å². The molecule has 2 fully saturated rings. The first-order valence-corrected chi connectivity index (χ1v) is 14.1. The van der Waals surface area contributed by atoms with Gasteiger partial charge in [0.25, 0.3) is 11.9 Å². The molecular weight excluding hydrogens is 531 g/mol. The highest BCUT2D eigenvalue weighted by atomic mass is 16.7. The molecule has 0 saturated carbocycles. The molecular formula is C28H42BN4O8. The third-order valence-electron chi connectivity index (χ3n) is 6.41. The molecule has 0 atom stereocenters. The van der Waals surface area contributed by atoms with E-state index < -0.39 is 11.2 Å². The first-order valence-electron chi connectivity index (χ1n) is 14.1. The zero-order valence-electron chi connectivity index (χ0n) is 25.0. The summed E-state index contributed by atoms with van der Waals surface area (Å²) in [5.74, 6) is 2.13. The van der Waals surface area contributed by atoms with Crippen molar-refractivity contribution in [3.63, 3.8) is 0 Å². The van der Waals surface area contributed by atoms with Crippen LogP contribution in [0.1, 0.15) is 53.1 Å². The minimum atomic E-state index is -0.499. The van der Waals surface area contributed by atoms with E-state index in [0.29, 0.717) is 51.2 Å². The van der Waals surface area contributed by atoms with E-state index in [2.05, 4.69) is 9.80 Å². The van der Waals surface area contributed by atoms with Crippen molar-refractivity contribution < 1.29 is 37.2 Å². The van der Waals surface area contributed by atoms with Gasteiger partial charge in [-0.25, -0.2) is 9.59 Å². The van der Waals surface area contributed by atoms with Crippen LogP contribution in [-0.2, 0) is 22.6 Å². The van der Waals surface area contributed by atoms with Gasteiger partial charge in [0.1, 0.15) is 22.7 Å². The molecule has 0 aromatic carbocycles. The van der Waals surface area contributed by atoms with Gasteiger partial charge in [-0.15, -0.1) is 0 Å².